The molecule has 22 heavy (non-hydrogen) atoms. The van der Waals surface area contributed by atoms with Gasteiger partial charge in [-0.25, -0.2) is 0 Å². The van der Waals surface area contributed by atoms with Gasteiger partial charge in [-0.1, -0.05) is 30.3 Å². The first-order valence-electron chi connectivity index (χ1n) is 6.71. The van der Waals surface area contributed by atoms with Crippen LogP contribution in [0.5, 0.6) is 0 Å². The van der Waals surface area contributed by atoms with Crippen molar-refractivity contribution in [3.8, 4) is 0 Å². The Bertz CT molecular complexity index is 676. The minimum Gasteiger partial charge on any atom is -0.347 e. The van der Waals surface area contributed by atoms with E-state index in [-0.39, 0.29) is 17.5 Å². The van der Waals surface area contributed by atoms with Crippen LogP contribution in [0.2, 0.25) is 0 Å². The first-order valence-corrected chi connectivity index (χ1v) is 7.59. The van der Waals surface area contributed by atoms with Crippen molar-refractivity contribution in [2.45, 2.75) is 0 Å². The molecule has 2 rings (SSSR count). The summed E-state index contributed by atoms with van der Waals surface area (Å²) in [7, 11) is 0. The fourth-order valence-corrected chi connectivity index (χ4v) is 2.38. The Balaban J connectivity index is 2.19. The number of carbonyl (C=O) groups is 2. The zero-order chi connectivity index (χ0) is 15.8. The Morgan fingerprint density at radius 1 is 1.14 bits per heavy atom. The number of hydrogen-bond donors (Lipinski definition) is 2. The molecule has 0 aliphatic heterocycles. The first kappa shape index (κ1) is 15.7. The molecule has 0 saturated carbocycles. The molecule has 5 heteroatoms. The van der Waals surface area contributed by atoms with Gasteiger partial charge in [0.2, 0.25) is 0 Å². The second-order valence-electron chi connectivity index (χ2n) is 4.39. The lowest BCUT2D eigenvalue weighted by Crippen LogP contribution is -2.34. The van der Waals surface area contributed by atoms with Crippen LogP contribution < -0.4 is 10.6 Å². The van der Waals surface area contributed by atoms with Crippen LogP contribution in [0.25, 0.3) is 6.08 Å². The quantitative estimate of drug-likeness (QED) is 0.636. The molecule has 0 unspecified atom stereocenters. The van der Waals surface area contributed by atoms with Gasteiger partial charge in [-0.15, -0.1) is 17.9 Å². The maximum atomic E-state index is 12.2. The summed E-state index contributed by atoms with van der Waals surface area (Å²) >= 11 is 1.49. The molecule has 0 saturated heterocycles. The third kappa shape index (κ3) is 4.43. The minimum absolute atomic E-state index is 0.207. The van der Waals surface area contributed by atoms with Gasteiger partial charge >= 0.3 is 0 Å². The van der Waals surface area contributed by atoms with Gasteiger partial charge in [0.15, 0.2) is 0 Å². The second-order valence-corrected chi connectivity index (χ2v) is 5.37. The smallest absolute Gasteiger partial charge is 0.268 e. The van der Waals surface area contributed by atoms with E-state index in [9.17, 15) is 9.59 Å². The number of nitrogens with one attached hydrogen (secondary N) is 2. The molecular formula is C17H16N2O2S. The predicted octanol–water partition coefficient (Wildman–Crippen LogP) is 2.82. The van der Waals surface area contributed by atoms with Crippen LogP contribution in [-0.4, -0.2) is 18.4 Å². The molecule has 0 aliphatic carbocycles. The zero-order valence-corrected chi connectivity index (χ0v) is 12.7. The van der Waals surface area contributed by atoms with E-state index >= 15 is 0 Å². The molecule has 2 amide bonds. The summed E-state index contributed by atoms with van der Waals surface area (Å²) in [5.74, 6) is -0.672. The number of hydrogen-bond acceptors (Lipinski definition) is 3. The Labute approximate surface area is 133 Å². The highest BCUT2D eigenvalue weighted by Gasteiger charge is 2.14. The highest BCUT2D eigenvalue weighted by atomic mass is 32.1. The average molecular weight is 312 g/mol. The minimum atomic E-state index is -0.349. The highest BCUT2D eigenvalue weighted by Crippen LogP contribution is 2.13. The molecule has 1 aromatic heterocycles. The van der Waals surface area contributed by atoms with Crippen molar-refractivity contribution < 1.29 is 9.59 Å². The Morgan fingerprint density at radius 2 is 1.91 bits per heavy atom. The summed E-state index contributed by atoms with van der Waals surface area (Å²) in [5, 5.41) is 7.24. The summed E-state index contributed by atoms with van der Waals surface area (Å²) in [5.41, 5.74) is 0.703. The lowest BCUT2D eigenvalue weighted by atomic mass is 10.2. The van der Waals surface area contributed by atoms with Gasteiger partial charge in [0.1, 0.15) is 5.70 Å². The summed E-state index contributed by atoms with van der Waals surface area (Å²) in [6.45, 7) is 3.89. The predicted molar refractivity (Wildman–Crippen MR) is 89.4 cm³/mol. The molecule has 0 fully saturated rings. The normalized spacial score (nSPS) is 10.8. The van der Waals surface area contributed by atoms with Gasteiger partial charge in [-0.05, 0) is 29.7 Å². The number of thiophene rings is 1. The van der Waals surface area contributed by atoms with E-state index in [1.54, 1.807) is 36.4 Å². The van der Waals surface area contributed by atoms with Crippen LogP contribution in [0.15, 0.2) is 66.2 Å². The Hall–Kier alpha value is -2.66. The average Bonchev–Trinajstić information content (AvgIpc) is 3.05. The lowest BCUT2D eigenvalue weighted by Gasteiger charge is -2.09. The van der Waals surface area contributed by atoms with Crippen LogP contribution in [0, 0.1) is 0 Å². The fraction of sp³-hybridized carbons (Fsp3) is 0.0588. The van der Waals surface area contributed by atoms with Crippen molar-refractivity contribution in [1.82, 2.24) is 10.6 Å². The number of rotatable bonds is 6. The Kier molecular flexibility index (Phi) is 5.68. The van der Waals surface area contributed by atoms with E-state index in [0.29, 0.717) is 12.1 Å². The largest absolute Gasteiger partial charge is 0.347 e. The van der Waals surface area contributed by atoms with Crippen molar-refractivity contribution >= 4 is 29.2 Å². The molecule has 0 spiro atoms. The van der Waals surface area contributed by atoms with Crippen LogP contribution in [0.3, 0.4) is 0 Å². The van der Waals surface area contributed by atoms with Gasteiger partial charge in [0, 0.05) is 17.0 Å². The van der Waals surface area contributed by atoms with Crippen LogP contribution in [-0.2, 0) is 4.79 Å². The van der Waals surface area contributed by atoms with Gasteiger partial charge < -0.3 is 10.6 Å². The van der Waals surface area contributed by atoms with Gasteiger partial charge in [-0.2, -0.15) is 0 Å². The molecule has 1 aromatic carbocycles. The summed E-state index contributed by atoms with van der Waals surface area (Å²) in [4.78, 5) is 25.3. The van der Waals surface area contributed by atoms with Crippen molar-refractivity contribution in [3.05, 3.63) is 76.6 Å². The van der Waals surface area contributed by atoms with Gasteiger partial charge in [0.25, 0.3) is 11.8 Å². The summed E-state index contributed by atoms with van der Waals surface area (Å²) in [6, 6.07) is 12.5. The number of amides is 2. The molecule has 0 bridgehead atoms. The monoisotopic (exact) mass is 312 g/mol. The number of carbonyl (C=O) groups excluding carboxylic acids is 2. The van der Waals surface area contributed by atoms with Crippen molar-refractivity contribution in [2.24, 2.45) is 0 Å². The third-order valence-corrected chi connectivity index (χ3v) is 3.58. The fourth-order valence-electron chi connectivity index (χ4n) is 1.72. The van der Waals surface area contributed by atoms with Crippen LogP contribution >= 0.6 is 11.3 Å². The standard InChI is InChI=1S/C17H16N2O2S/c1-2-10-18-17(21)15(12-14-9-6-11-22-14)19-16(20)13-7-4-3-5-8-13/h2-9,11-12H,1,10H2,(H,18,21)(H,19,20). The van der Waals surface area contributed by atoms with Crippen molar-refractivity contribution in [1.29, 1.82) is 0 Å². The maximum absolute atomic E-state index is 12.2. The van der Waals surface area contributed by atoms with E-state index in [0.717, 1.165) is 4.88 Å². The van der Waals surface area contributed by atoms with E-state index in [2.05, 4.69) is 17.2 Å². The third-order valence-electron chi connectivity index (χ3n) is 2.77. The topological polar surface area (TPSA) is 58.2 Å². The van der Waals surface area contributed by atoms with Crippen molar-refractivity contribution in [2.75, 3.05) is 6.54 Å². The zero-order valence-electron chi connectivity index (χ0n) is 11.9. The molecule has 1 heterocycles. The first-order chi connectivity index (χ1) is 10.7. The van der Waals surface area contributed by atoms with Crippen molar-refractivity contribution in [3.63, 3.8) is 0 Å². The highest BCUT2D eigenvalue weighted by molar-refractivity contribution is 7.10. The lowest BCUT2D eigenvalue weighted by molar-refractivity contribution is -0.117. The molecule has 2 N–H and O–H groups in total. The molecule has 0 atom stereocenters. The van der Waals surface area contributed by atoms with E-state index in [1.165, 1.54) is 11.3 Å². The van der Waals surface area contributed by atoms with E-state index in [4.69, 9.17) is 0 Å². The number of benzene rings is 1. The van der Waals surface area contributed by atoms with Gasteiger partial charge in [0.05, 0.1) is 0 Å². The van der Waals surface area contributed by atoms with Gasteiger partial charge in [-0.3, -0.25) is 9.59 Å². The molecule has 0 aliphatic rings. The molecule has 2 aromatic rings. The maximum Gasteiger partial charge on any atom is 0.268 e. The summed E-state index contributed by atoms with van der Waals surface area (Å²) in [6.07, 6.45) is 3.24. The molecule has 4 nitrogen and oxygen atoms in total. The molecular weight excluding hydrogens is 296 g/mol. The SMILES string of the molecule is C=CCNC(=O)C(=Cc1cccs1)NC(=O)c1ccccc1. The van der Waals surface area contributed by atoms with Crippen LogP contribution in [0.4, 0.5) is 0 Å². The summed E-state index contributed by atoms with van der Waals surface area (Å²) < 4.78 is 0. The second kappa shape index (κ2) is 7.95. The Morgan fingerprint density at radius 3 is 2.55 bits per heavy atom. The van der Waals surface area contributed by atoms with Crippen LogP contribution in [0.1, 0.15) is 15.2 Å². The van der Waals surface area contributed by atoms with E-state index in [1.807, 2.05) is 23.6 Å². The van der Waals surface area contributed by atoms with E-state index < -0.39 is 0 Å². The molecule has 112 valence electrons. The molecule has 0 radical (unpaired) electrons.